The first-order valence-corrected chi connectivity index (χ1v) is 16.6. The molecule has 2 saturated heterocycles. The van der Waals surface area contributed by atoms with Gasteiger partial charge in [0.1, 0.15) is 11.6 Å². The van der Waals surface area contributed by atoms with E-state index in [0.29, 0.717) is 32.5 Å². The summed E-state index contributed by atoms with van der Waals surface area (Å²) in [4.78, 5) is 59.1. The number of rotatable bonds is 5. The van der Waals surface area contributed by atoms with Gasteiger partial charge in [0.2, 0.25) is 11.8 Å². The van der Waals surface area contributed by atoms with Gasteiger partial charge in [-0.2, -0.15) is 5.01 Å². The molecular weight excluding hydrogens is 668 g/mol. The molecule has 2 aliphatic heterocycles. The van der Waals surface area contributed by atoms with Gasteiger partial charge in [0.15, 0.2) is 0 Å². The molecule has 0 bridgehead atoms. The number of halogens is 3. The van der Waals surface area contributed by atoms with Crippen molar-refractivity contribution in [3.05, 3.63) is 136 Å². The largest absolute Gasteiger partial charge is 0.508 e. The topological polar surface area (TPSA) is 107 Å². The van der Waals surface area contributed by atoms with E-state index in [0.717, 1.165) is 10.6 Å². The first kappa shape index (κ1) is 31.3. The minimum atomic E-state index is -1.50. The number of phenols is 1. The fourth-order valence-corrected chi connectivity index (χ4v) is 8.79. The minimum Gasteiger partial charge on any atom is -0.508 e. The van der Waals surface area contributed by atoms with Crippen LogP contribution in [0.4, 0.5) is 15.8 Å². The molecule has 2 heterocycles. The van der Waals surface area contributed by atoms with Crippen molar-refractivity contribution in [2.75, 3.05) is 10.3 Å². The molecule has 4 amide bonds. The zero-order valence-corrected chi connectivity index (χ0v) is 27.2. The fourth-order valence-electron chi connectivity index (χ4n) is 8.54. The number of allylic oxidation sites excluding steroid dienone is 2. The van der Waals surface area contributed by atoms with Gasteiger partial charge in [0, 0.05) is 16.0 Å². The monoisotopic (exact) mass is 695 g/mol. The van der Waals surface area contributed by atoms with Crippen LogP contribution in [0.1, 0.15) is 29.9 Å². The normalized spacial score (nSPS) is 27.5. The number of fused-ring (bicyclic) bond motifs is 4. The average molecular weight is 697 g/mol. The lowest BCUT2D eigenvalue weighted by Crippen LogP contribution is -2.53. The Morgan fingerprint density at radius 1 is 0.755 bits per heavy atom. The van der Waals surface area contributed by atoms with Crippen molar-refractivity contribution in [1.82, 2.24) is 5.01 Å². The van der Waals surface area contributed by atoms with Crippen LogP contribution in [-0.2, 0) is 24.6 Å². The number of anilines is 2. The molecule has 6 atom stereocenters. The molecule has 8 nitrogen and oxygen atoms in total. The average Bonchev–Trinajstić information content (AvgIpc) is 3.48. The van der Waals surface area contributed by atoms with E-state index in [1.807, 2.05) is 6.08 Å². The second kappa shape index (κ2) is 11.6. The Hall–Kier alpha value is -4.99. The van der Waals surface area contributed by atoms with Crippen LogP contribution in [-0.4, -0.2) is 33.7 Å². The number of carbonyl (C=O) groups is 4. The second-order valence-electron chi connectivity index (χ2n) is 13.0. The second-order valence-corrected chi connectivity index (χ2v) is 13.8. The third-order valence-corrected chi connectivity index (χ3v) is 11.1. The van der Waals surface area contributed by atoms with Crippen LogP contribution in [0, 0.1) is 29.5 Å². The molecule has 4 aromatic rings. The van der Waals surface area contributed by atoms with Gasteiger partial charge < -0.3 is 5.11 Å². The van der Waals surface area contributed by atoms with Gasteiger partial charge in [-0.3, -0.25) is 29.5 Å². The summed E-state index contributed by atoms with van der Waals surface area (Å²) in [6.07, 6.45) is 2.34. The Morgan fingerprint density at radius 3 is 2.04 bits per heavy atom. The van der Waals surface area contributed by atoms with Crippen molar-refractivity contribution in [3.8, 4) is 5.75 Å². The van der Waals surface area contributed by atoms with Crippen molar-refractivity contribution >= 4 is 58.2 Å². The highest BCUT2D eigenvalue weighted by atomic mass is 35.5. The Labute approximate surface area is 290 Å². The predicted octanol–water partition coefficient (Wildman–Crippen LogP) is 7.03. The lowest BCUT2D eigenvalue weighted by Gasteiger charge is -2.50. The van der Waals surface area contributed by atoms with Gasteiger partial charge in [0.25, 0.3) is 11.8 Å². The van der Waals surface area contributed by atoms with Crippen molar-refractivity contribution in [2.45, 2.75) is 24.2 Å². The molecule has 246 valence electrons. The summed E-state index contributed by atoms with van der Waals surface area (Å²) in [5.74, 6) is -5.89. The van der Waals surface area contributed by atoms with Crippen LogP contribution in [0.5, 0.6) is 5.75 Å². The fraction of sp³-hybridized carbons (Fsp3) is 0.211. The summed E-state index contributed by atoms with van der Waals surface area (Å²) in [7, 11) is 0. The Bertz CT molecular complexity index is 2050. The molecule has 0 radical (unpaired) electrons. The quantitative estimate of drug-likeness (QED) is 0.172. The number of amides is 4. The standard InChI is InChI=1S/C38H28Cl2FN3O5/c39-22-5-3-21(4-6-22)38-31(35(47)44(37(38)49)42-25-11-9-24(41)10-12-25)19-30-28(33(38)20-1-15-27(45)16-2-20)17-18-29-32(30)36(48)43(34(29)46)26-13-7-23(40)8-14-26/h1-17,29-33,42,45H,18-19H2. The number of aromatic hydroxyl groups is 1. The van der Waals surface area contributed by atoms with Gasteiger partial charge in [0.05, 0.1) is 34.5 Å². The maximum absolute atomic E-state index is 15.1. The van der Waals surface area contributed by atoms with Crippen LogP contribution >= 0.6 is 23.2 Å². The van der Waals surface area contributed by atoms with Crippen LogP contribution in [0.2, 0.25) is 10.0 Å². The number of hydrazine groups is 1. The number of phenolic OH excluding ortho intramolecular Hbond substituents is 1. The third kappa shape index (κ3) is 4.70. The van der Waals surface area contributed by atoms with E-state index < -0.39 is 52.6 Å². The van der Waals surface area contributed by atoms with E-state index in [9.17, 15) is 23.9 Å². The smallest absolute Gasteiger partial charge is 0.260 e. The van der Waals surface area contributed by atoms with E-state index in [1.54, 1.807) is 60.7 Å². The molecule has 11 heteroatoms. The predicted molar refractivity (Wildman–Crippen MR) is 181 cm³/mol. The first-order valence-electron chi connectivity index (χ1n) is 15.9. The number of imide groups is 2. The van der Waals surface area contributed by atoms with E-state index in [2.05, 4.69) is 5.43 Å². The van der Waals surface area contributed by atoms with Crippen LogP contribution < -0.4 is 10.3 Å². The highest BCUT2D eigenvalue weighted by Gasteiger charge is 2.70. The van der Waals surface area contributed by atoms with Gasteiger partial charge in [-0.05, 0) is 103 Å². The summed E-state index contributed by atoms with van der Waals surface area (Å²) >= 11 is 12.4. The summed E-state index contributed by atoms with van der Waals surface area (Å²) in [5, 5.41) is 12.2. The molecule has 2 aliphatic carbocycles. The van der Waals surface area contributed by atoms with Crippen molar-refractivity contribution < 1.29 is 28.7 Å². The number of carbonyl (C=O) groups excluding carboxylic acids is 4. The molecule has 4 aliphatic rings. The van der Waals surface area contributed by atoms with Gasteiger partial charge >= 0.3 is 0 Å². The van der Waals surface area contributed by atoms with Crippen molar-refractivity contribution in [3.63, 3.8) is 0 Å². The molecule has 3 fully saturated rings. The van der Waals surface area contributed by atoms with E-state index in [4.69, 9.17) is 23.2 Å². The number of nitrogens with one attached hydrogen (secondary N) is 1. The van der Waals surface area contributed by atoms with Crippen molar-refractivity contribution in [1.29, 1.82) is 0 Å². The molecular formula is C38H28Cl2FN3O5. The SMILES string of the molecule is O=C1C2CC3C(=CCC4C(=O)N(c5ccc(Cl)cc5)C(=O)C43)C(c3ccc(O)cc3)C2(c2ccc(Cl)cc2)C(=O)N1Nc1ccc(F)cc1. The lowest BCUT2D eigenvalue weighted by atomic mass is 9.49. The number of nitrogens with zero attached hydrogens (tertiary/aromatic N) is 2. The molecule has 0 spiro atoms. The summed E-state index contributed by atoms with van der Waals surface area (Å²) in [5.41, 5.74) is 4.17. The summed E-state index contributed by atoms with van der Waals surface area (Å²) < 4.78 is 13.8. The van der Waals surface area contributed by atoms with Crippen LogP contribution in [0.25, 0.3) is 0 Å². The summed E-state index contributed by atoms with van der Waals surface area (Å²) in [6, 6.07) is 25.2. The van der Waals surface area contributed by atoms with E-state index in [1.165, 1.54) is 41.3 Å². The molecule has 49 heavy (non-hydrogen) atoms. The first-order chi connectivity index (χ1) is 23.6. The maximum atomic E-state index is 15.1. The Kier molecular flexibility index (Phi) is 7.39. The van der Waals surface area contributed by atoms with Gasteiger partial charge in [-0.15, -0.1) is 0 Å². The zero-order valence-electron chi connectivity index (χ0n) is 25.7. The number of hydrogen-bond donors (Lipinski definition) is 2. The van der Waals surface area contributed by atoms with E-state index >= 15 is 4.79 Å². The van der Waals surface area contributed by atoms with Gasteiger partial charge in [-0.1, -0.05) is 59.1 Å². The van der Waals surface area contributed by atoms with Crippen LogP contribution in [0.3, 0.4) is 0 Å². The Balaban J connectivity index is 1.31. The Morgan fingerprint density at radius 2 is 1.39 bits per heavy atom. The lowest BCUT2D eigenvalue weighted by molar-refractivity contribution is -0.138. The highest BCUT2D eigenvalue weighted by molar-refractivity contribution is 6.31. The van der Waals surface area contributed by atoms with Gasteiger partial charge in [-0.25, -0.2) is 4.39 Å². The molecule has 2 N–H and O–H groups in total. The molecule has 6 unspecified atom stereocenters. The number of benzene rings is 4. The third-order valence-electron chi connectivity index (χ3n) is 10.6. The van der Waals surface area contributed by atoms with E-state index in [-0.39, 0.29) is 30.4 Å². The maximum Gasteiger partial charge on any atom is 0.260 e. The molecule has 1 saturated carbocycles. The van der Waals surface area contributed by atoms with Crippen molar-refractivity contribution in [2.24, 2.45) is 23.7 Å². The molecule has 8 rings (SSSR count). The highest BCUT2D eigenvalue weighted by Crippen LogP contribution is 2.64. The molecule has 0 aromatic heterocycles. The minimum absolute atomic E-state index is 0.0227. The zero-order chi connectivity index (χ0) is 34.2. The number of hydrogen-bond acceptors (Lipinski definition) is 6. The summed E-state index contributed by atoms with van der Waals surface area (Å²) in [6.45, 7) is 0. The molecule has 4 aromatic carbocycles. The van der Waals surface area contributed by atoms with Crippen LogP contribution in [0.15, 0.2) is 109 Å².